The summed E-state index contributed by atoms with van der Waals surface area (Å²) in [6, 6.07) is 17.6. The summed E-state index contributed by atoms with van der Waals surface area (Å²) >= 11 is 6.92. The van der Waals surface area contributed by atoms with Gasteiger partial charge < -0.3 is 9.15 Å². The number of rotatable bonds is 5. The van der Waals surface area contributed by atoms with Gasteiger partial charge in [-0.25, -0.2) is 0 Å². The number of nitrogens with zero attached hydrogens (tertiary/aromatic N) is 2. The molecule has 1 saturated heterocycles. The summed E-state index contributed by atoms with van der Waals surface area (Å²) in [6.07, 6.45) is 1.53. The van der Waals surface area contributed by atoms with Crippen molar-refractivity contribution in [3.63, 3.8) is 0 Å². The molecule has 8 heteroatoms. The molecule has 1 fully saturated rings. The number of imide groups is 1. The van der Waals surface area contributed by atoms with Crippen LogP contribution in [0.15, 0.2) is 63.9 Å². The first-order chi connectivity index (χ1) is 15.0. The van der Waals surface area contributed by atoms with Gasteiger partial charge in [0.05, 0.1) is 35.8 Å². The highest BCUT2D eigenvalue weighted by molar-refractivity contribution is 8.18. The molecule has 1 aliphatic heterocycles. The fourth-order valence-corrected chi connectivity index (χ4v) is 4.14. The highest BCUT2D eigenvalue weighted by Crippen LogP contribution is 2.36. The molecule has 31 heavy (non-hydrogen) atoms. The van der Waals surface area contributed by atoms with Crippen LogP contribution in [-0.4, -0.2) is 23.2 Å². The SMILES string of the molecule is COc1ccc(Cl)cc1-c1ccc(/C=C2/SC(=O)N(Cc3ccccc3C#N)C2=O)o1. The molecular weight excluding hydrogens is 436 g/mol. The molecule has 1 aliphatic rings. The van der Waals surface area contributed by atoms with Gasteiger partial charge in [0.2, 0.25) is 0 Å². The molecule has 2 amide bonds. The van der Waals surface area contributed by atoms with Crippen LogP contribution < -0.4 is 4.74 Å². The number of furan rings is 1. The number of ether oxygens (including phenoxy) is 1. The van der Waals surface area contributed by atoms with Crippen LogP contribution >= 0.6 is 23.4 Å². The van der Waals surface area contributed by atoms with Gasteiger partial charge in [0, 0.05) is 11.1 Å². The third-order valence-corrected chi connectivity index (χ3v) is 5.81. The number of halogens is 1. The molecule has 0 aliphatic carbocycles. The number of carbonyl (C=O) groups is 2. The van der Waals surface area contributed by atoms with Gasteiger partial charge in [-0.05, 0) is 53.7 Å². The molecule has 0 N–H and O–H groups in total. The molecular formula is C23H15ClN2O4S. The lowest BCUT2D eigenvalue weighted by atomic mass is 10.1. The second-order valence-corrected chi connectivity index (χ2v) is 8.01. The van der Waals surface area contributed by atoms with Crippen molar-refractivity contribution in [1.82, 2.24) is 4.90 Å². The molecule has 4 rings (SSSR count). The molecule has 154 valence electrons. The molecule has 0 spiro atoms. The number of nitriles is 1. The molecule has 1 aromatic heterocycles. The standard InChI is InChI=1S/C23H15ClN2O4S/c1-29-19-8-6-16(24)10-18(19)20-9-7-17(30-20)11-21-22(27)26(23(28)31-21)13-15-5-3-2-4-14(15)12-25/h2-11H,13H2,1H3/b21-11+. The van der Waals surface area contributed by atoms with Crippen molar-refractivity contribution in [2.24, 2.45) is 0 Å². The molecule has 2 heterocycles. The van der Waals surface area contributed by atoms with Gasteiger partial charge in [-0.15, -0.1) is 0 Å². The topological polar surface area (TPSA) is 83.5 Å². The van der Waals surface area contributed by atoms with Crippen molar-refractivity contribution in [3.05, 3.63) is 81.4 Å². The highest BCUT2D eigenvalue weighted by Gasteiger charge is 2.35. The minimum absolute atomic E-state index is 0.0366. The van der Waals surface area contributed by atoms with Gasteiger partial charge in [-0.3, -0.25) is 14.5 Å². The third-order valence-electron chi connectivity index (χ3n) is 4.67. The quantitative estimate of drug-likeness (QED) is 0.462. The van der Waals surface area contributed by atoms with Crippen LogP contribution in [-0.2, 0) is 11.3 Å². The van der Waals surface area contributed by atoms with E-state index in [2.05, 4.69) is 6.07 Å². The zero-order valence-electron chi connectivity index (χ0n) is 16.3. The first kappa shape index (κ1) is 20.8. The third kappa shape index (κ3) is 4.22. The monoisotopic (exact) mass is 450 g/mol. The van der Waals surface area contributed by atoms with Crippen molar-refractivity contribution in [3.8, 4) is 23.1 Å². The number of hydrogen-bond donors (Lipinski definition) is 0. The molecule has 2 aromatic carbocycles. The number of methoxy groups -OCH3 is 1. The zero-order chi connectivity index (χ0) is 22.0. The maximum Gasteiger partial charge on any atom is 0.293 e. The molecule has 0 atom stereocenters. The Morgan fingerprint density at radius 2 is 2.00 bits per heavy atom. The number of hydrogen-bond acceptors (Lipinski definition) is 6. The minimum Gasteiger partial charge on any atom is -0.496 e. The van der Waals surface area contributed by atoms with E-state index >= 15 is 0 Å². The highest BCUT2D eigenvalue weighted by atomic mass is 35.5. The van der Waals surface area contributed by atoms with E-state index in [4.69, 9.17) is 20.8 Å². The Hall–Kier alpha value is -3.47. The molecule has 0 saturated carbocycles. The summed E-state index contributed by atoms with van der Waals surface area (Å²) in [5.74, 6) is 1.11. The predicted octanol–water partition coefficient (Wildman–Crippen LogP) is 5.72. The van der Waals surface area contributed by atoms with E-state index in [-0.39, 0.29) is 11.4 Å². The van der Waals surface area contributed by atoms with Crippen molar-refractivity contribution < 1.29 is 18.7 Å². The van der Waals surface area contributed by atoms with Crippen molar-refractivity contribution in [1.29, 1.82) is 5.26 Å². The van der Waals surface area contributed by atoms with E-state index in [1.54, 1.807) is 61.7 Å². The Kier molecular flexibility index (Phi) is 5.85. The average molecular weight is 451 g/mol. The Bertz CT molecular complexity index is 1260. The summed E-state index contributed by atoms with van der Waals surface area (Å²) in [5, 5.41) is 9.38. The first-order valence-corrected chi connectivity index (χ1v) is 10.4. The lowest BCUT2D eigenvalue weighted by molar-refractivity contribution is -0.123. The Balaban J connectivity index is 1.58. The van der Waals surface area contributed by atoms with Gasteiger partial charge in [0.25, 0.3) is 11.1 Å². The Morgan fingerprint density at radius 1 is 1.19 bits per heavy atom. The minimum atomic E-state index is -0.430. The van der Waals surface area contributed by atoms with Gasteiger partial charge >= 0.3 is 0 Å². The Labute approximate surface area is 187 Å². The van der Waals surface area contributed by atoms with Crippen LogP contribution in [0.2, 0.25) is 5.02 Å². The molecule has 3 aromatic rings. The summed E-state index contributed by atoms with van der Waals surface area (Å²) in [4.78, 5) is 26.6. The largest absolute Gasteiger partial charge is 0.496 e. The summed E-state index contributed by atoms with van der Waals surface area (Å²) in [5.41, 5.74) is 1.72. The summed E-state index contributed by atoms with van der Waals surface area (Å²) < 4.78 is 11.2. The van der Waals surface area contributed by atoms with E-state index in [0.29, 0.717) is 39.0 Å². The average Bonchev–Trinajstić information content (AvgIpc) is 3.34. The van der Waals surface area contributed by atoms with Gasteiger partial charge in [-0.1, -0.05) is 29.8 Å². The summed E-state index contributed by atoms with van der Waals surface area (Å²) in [7, 11) is 1.55. The lowest BCUT2D eigenvalue weighted by Gasteiger charge is -2.13. The van der Waals surface area contributed by atoms with Crippen LogP contribution in [0.3, 0.4) is 0 Å². The van der Waals surface area contributed by atoms with Gasteiger partial charge in [0.1, 0.15) is 17.3 Å². The second-order valence-electron chi connectivity index (χ2n) is 6.58. The second kappa shape index (κ2) is 8.72. The first-order valence-electron chi connectivity index (χ1n) is 9.17. The smallest absolute Gasteiger partial charge is 0.293 e. The van der Waals surface area contributed by atoms with E-state index in [1.165, 1.54) is 6.08 Å². The van der Waals surface area contributed by atoms with Crippen molar-refractivity contribution in [2.75, 3.05) is 7.11 Å². The Morgan fingerprint density at radius 3 is 2.77 bits per heavy atom. The lowest BCUT2D eigenvalue weighted by Crippen LogP contribution is -2.27. The number of benzene rings is 2. The van der Waals surface area contributed by atoms with Crippen LogP contribution in [0.5, 0.6) is 5.75 Å². The fourth-order valence-electron chi connectivity index (χ4n) is 3.15. The van der Waals surface area contributed by atoms with E-state index < -0.39 is 11.1 Å². The molecule has 0 unspecified atom stereocenters. The zero-order valence-corrected chi connectivity index (χ0v) is 17.9. The van der Waals surface area contributed by atoms with E-state index in [0.717, 1.165) is 16.7 Å². The molecule has 6 nitrogen and oxygen atoms in total. The fraction of sp³-hybridized carbons (Fsp3) is 0.0870. The van der Waals surface area contributed by atoms with Crippen LogP contribution in [0.1, 0.15) is 16.9 Å². The maximum absolute atomic E-state index is 12.8. The molecule has 0 bridgehead atoms. The number of carbonyl (C=O) groups excluding carboxylic acids is 2. The maximum atomic E-state index is 12.8. The van der Waals surface area contributed by atoms with Gasteiger partial charge in [0.15, 0.2) is 0 Å². The van der Waals surface area contributed by atoms with Gasteiger partial charge in [-0.2, -0.15) is 5.26 Å². The predicted molar refractivity (Wildman–Crippen MR) is 118 cm³/mol. The van der Waals surface area contributed by atoms with E-state index in [9.17, 15) is 14.9 Å². The van der Waals surface area contributed by atoms with Crippen LogP contribution in [0.25, 0.3) is 17.4 Å². The van der Waals surface area contributed by atoms with Crippen LogP contribution in [0.4, 0.5) is 4.79 Å². The van der Waals surface area contributed by atoms with Crippen LogP contribution in [0, 0.1) is 11.3 Å². The summed E-state index contributed by atoms with van der Waals surface area (Å²) in [6.45, 7) is 0.0366. The van der Waals surface area contributed by atoms with E-state index in [1.807, 2.05) is 0 Å². The molecule has 0 radical (unpaired) electrons. The van der Waals surface area contributed by atoms with Crippen molar-refractivity contribution in [2.45, 2.75) is 6.54 Å². The number of thioether (sulfide) groups is 1. The normalized spacial score (nSPS) is 14.9. The number of amides is 2. The van der Waals surface area contributed by atoms with Crippen molar-refractivity contribution >= 4 is 40.6 Å².